The number of aliphatic hydroxyl groups excluding tert-OH is 2. The Morgan fingerprint density at radius 2 is 2.20 bits per heavy atom. The van der Waals surface area contributed by atoms with Gasteiger partial charge in [0.2, 0.25) is 0 Å². The summed E-state index contributed by atoms with van der Waals surface area (Å²) in [4.78, 5) is 15.3. The largest absolute Gasteiger partial charge is 0.396 e. The minimum atomic E-state index is -0.530. The van der Waals surface area contributed by atoms with Crippen molar-refractivity contribution in [3.05, 3.63) is 36.0 Å². The summed E-state index contributed by atoms with van der Waals surface area (Å²) in [7, 11) is 0. The lowest BCUT2D eigenvalue weighted by Crippen LogP contribution is -2.33. The Morgan fingerprint density at radius 3 is 2.95 bits per heavy atom. The molecule has 0 aliphatic heterocycles. The molecule has 0 saturated heterocycles. The van der Waals surface area contributed by atoms with Crippen molar-refractivity contribution < 1.29 is 15.0 Å². The zero-order valence-electron chi connectivity index (χ0n) is 11.0. The van der Waals surface area contributed by atoms with Gasteiger partial charge in [-0.25, -0.2) is 0 Å². The molecular formula is C15H18N2O3. The number of nitrogens with one attached hydrogen (secondary N) is 2. The molecule has 20 heavy (non-hydrogen) atoms. The van der Waals surface area contributed by atoms with E-state index in [4.69, 9.17) is 5.11 Å². The molecule has 0 spiro atoms. The van der Waals surface area contributed by atoms with Gasteiger partial charge >= 0.3 is 0 Å². The molecule has 1 fully saturated rings. The highest BCUT2D eigenvalue weighted by atomic mass is 16.3. The topological polar surface area (TPSA) is 85.3 Å². The van der Waals surface area contributed by atoms with Gasteiger partial charge < -0.3 is 20.5 Å². The first-order valence-electron chi connectivity index (χ1n) is 6.84. The molecule has 0 bridgehead atoms. The van der Waals surface area contributed by atoms with Crippen molar-refractivity contribution in [1.29, 1.82) is 0 Å². The van der Waals surface area contributed by atoms with Gasteiger partial charge in [0.05, 0.1) is 6.10 Å². The molecule has 2 aromatic rings. The van der Waals surface area contributed by atoms with E-state index in [9.17, 15) is 9.90 Å². The summed E-state index contributed by atoms with van der Waals surface area (Å²) >= 11 is 0. The van der Waals surface area contributed by atoms with Gasteiger partial charge in [0, 0.05) is 41.2 Å². The van der Waals surface area contributed by atoms with E-state index in [0.29, 0.717) is 18.4 Å². The predicted molar refractivity (Wildman–Crippen MR) is 75.4 cm³/mol. The number of carbonyl (C=O) groups is 1. The minimum absolute atomic E-state index is 0.0388. The first-order chi connectivity index (χ1) is 9.67. The van der Waals surface area contributed by atoms with Crippen LogP contribution in [0.25, 0.3) is 10.9 Å². The first-order valence-corrected chi connectivity index (χ1v) is 6.84. The van der Waals surface area contributed by atoms with Crippen LogP contribution in [0.3, 0.4) is 0 Å². The fourth-order valence-electron chi connectivity index (χ4n) is 2.88. The maximum absolute atomic E-state index is 12.2. The van der Waals surface area contributed by atoms with E-state index in [1.54, 1.807) is 6.07 Å². The summed E-state index contributed by atoms with van der Waals surface area (Å²) in [6.07, 6.45) is 2.43. The quantitative estimate of drug-likeness (QED) is 0.674. The maximum atomic E-state index is 12.2. The van der Waals surface area contributed by atoms with Gasteiger partial charge in [0.1, 0.15) is 0 Å². The SMILES string of the molecule is O=C(N[C@H]1C[C@H](CO)[C@H](O)C1)c1ccc2[nH]ccc2c1. The molecule has 1 aromatic heterocycles. The Morgan fingerprint density at radius 1 is 1.35 bits per heavy atom. The molecule has 106 valence electrons. The lowest BCUT2D eigenvalue weighted by molar-refractivity contribution is 0.0903. The van der Waals surface area contributed by atoms with Gasteiger partial charge in [-0.1, -0.05) is 0 Å². The van der Waals surface area contributed by atoms with Gasteiger partial charge in [-0.15, -0.1) is 0 Å². The molecule has 1 saturated carbocycles. The third kappa shape index (κ3) is 2.42. The fraction of sp³-hybridized carbons (Fsp3) is 0.400. The van der Waals surface area contributed by atoms with Gasteiger partial charge in [-0.05, 0) is 37.1 Å². The van der Waals surface area contributed by atoms with Gasteiger partial charge in [0.25, 0.3) is 5.91 Å². The molecule has 1 amide bonds. The number of fused-ring (bicyclic) bond motifs is 1. The Kier molecular flexibility index (Phi) is 3.46. The third-order valence-electron chi connectivity index (χ3n) is 4.04. The van der Waals surface area contributed by atoms with Crippen LogP contribution in [-0.2, 0) is 0 Å². The second-order valence-electron chi connectivity index (χ2n) is 5.43. The number of aliphatic hydroxyl groups is 2. The highest BCUT2D eigenvalue weighted by molar-refractivity contribution is 5.98. The van der Waals surface area contributed by atoms with Crippen LogP contribution in [0.2, 0.25) is 0 Å². The standard InChI is InChI=1S/C15H18N2O3/c18-8-11-6-12(7-14(11)19)17-15(20)10-1-2-13-9(5-10)3-4-16-13/h1-5,11-12,14,16,18-19H,6-8H2,(H,17,20)/t11-,12+,14-/m1/s1. The molecule has 5 nitrogen and oxygen atoms in total. The van der Waals surface area contributed by atoms with Crippen LogP contribution >= 0.6 is 0 Å². The van der Waals surface area contributed by atoms with E-state index in [-0.39, 0.29) is 24.5 Å². The summed E-state index contributed by atoms with van der Waals surface area (Å²) in [6.45, 7) is -0.0388. The number of carbonyl (C=O) groups excluding carboxylic acids is 1. The van der Waals surface area contributed by atoms with E-state index < -0.39 is 6.10 Å². The van der Waals surface area contributed by atoms with E-state index in [1.165, 1.54) is 0 Å². The van der Waals surface area contributed by atoms with E-state index in [1.807, 2.05) is 24.4 Å². The molecule has 1 aromatic carbocycles. The van der Waals surface area contributed by atoms with Gasteiger partial charge in [-0.3, -0.25) is 4.79 Å². The number of H-pyrrole nitrogens is 1. The number of benzene rings is 1. The number of hydrogen-bond donors (Lipinski definition) is 4. The van der Waals surface area contributed by atoms with Crippen molar-refractivity contribution >= 4 is 16.8 Å². The summed E-state index contributed by atoms with van der Waals surface area (Å²) < 4.78 is 0. The Bertz CT molecular complexity index is 622. The lowest BCUT2D eigenvalue weighted by atomic mass is 10.1. The van der Waals surface area contributed by atoms with Gasteiger partial charge in [0.15, 0.2) is 0 Å². The Balaban J connectivity index is 1.70. The zero-order chi connectivity index (χ0) is 14.1. The van der Waals surface area contributed by atoms with Crippen molar-refractivity contribution in [1.82, 2.24) is 10.3 Å². The number of aromatic amines is 1. The summed E-state index contributed by atoms with van der Waals surface area (Å²) in [5.41, 5.74) is 1.61. The van der Waals surface area contributed by atoms with Gasteiger partial charge in [-0.2, -0.15) is 0 Å². The maximum Gasteiger partial charge on any atom is 0.251 e. The molecule has 4 N–H and O–H groups in total. The molecule has 1 aliphatic carbocycles. The van der Waals surface area contributed by atoms with Crippen LogP contribution in [0.15, 0.2) is 30.5 Å². The van der Waals surface area contributed by atoms with Crippen molar-refractivity contribution in [2.24, 2.45) is 5.92 Å². The molecule has 0 radical (unpaired) electrons. The predicted octanol–water partition coefficient (Wildman–Crippen LogP) is 1.03. The first kappa shape index (κ1) is 13.1. The van der Waals surface area contributed by atoms with Crippen LogP contribution < -0.4 is 5.32 Å². The van der Waals surface area contributed by atoms with Crippen molar-refractivity contribution in [3.8, 4) is 0 Å². The average molecular weight is 274 g/mol. The van der Waals surface area contributed by atoms with Crippen LogP contribution in [0.5, 0.6) is 0 Å². The van der Waals surface area contributed by atoms with Crippen molar-refractivity contribution in [2.75, 3.05) is 6.61 Å². The number of aromatic nitrogens is 1. The van der Waals surface area contributed by atoms with Crippen LogP contribution in [0, 0.1) is 5.92 Å². The summed E-state index contributed by atoms with van der Waals surface area (Å²) in [6, 6.07) is 7.35. The number of hydrogen-bond acceptors (Lipinski definition) is 3. The molecule has 1 heterocycles. The zero-order valence-corrected chi connectivity index (χ0v) is 11.0. The third-order valence-corrected chi connectivity index (χ3v) is 4.04. The van der Waals surface area contributed by atoms with E-state index in [0.717, 1.165) is 10.9 Å². The smallest absolute Gasteiger partial charge is 0.251 e. The second-order valence-corrected chi connectivity index (χ2v) is 5.43. The highest BCUT2D eigenvalue weighted by Crippen LogP contribution is 2.26. The number of amides is 1. The normalized spacial score (nSPS) is 26.0. The second kappa shape index (κ2) is 5.26. The van der Waals surface area contributed by atoms with Crippen molar-refractivity contribution in [2.45, 2.75) is 25.0 Å². The molecule has 3 rings (SSSR count). The molecule has 3 atom stereocenters. The average Bonchev–Trinajstić information content (AvgIpc) is 3.03. The highest BCUT2D eigenvalue weighted by Gasteiger charge is 2.33. The van der Waals surface area contributed by atoms with E-state index >= 15 is 0 Å². The summed E-state index contributed by atoms with van der Waals surface area (Å²) in [5, 5.41) is 22.8. The minimum Gasteiger partial charge on any atom is -0.396 e. The van der Waals surface area contributed by atoms with Crippen LogP contribution in [0.1, 0.15) is 23.2 Å². The molecule has 5 heteroatoms. The van der Waals surface area contributed by atoms with Crippen molar-refractivity contribution in [3.63, 3.8) is 0 Å². The number of rotatable bonds is 3. The molecule has 0 unspecified atom stereocenters. The monoisotopic (exact) mass is 274 g/mol. The van der Waals surface area contributed by atoms with E-state index in [2.05, 4.69) is 10.3 Å². The Labute approximate surface area is 116 Å². The fourth-order valence-corrected chi connectivity index (χ4v) is 2.88. The van der Waals surface area contributed by atoms with Crippen LogP contribution in [0.4, 0.5) is 0 Å². The molecular weight excluding hydrogens is 256 g/mol. The lowest BCUT2D eigenvalue weighted by Gasteiger charge is -2.12. The summed E-state index contributed by atoms with van der Waals surface area (Å²) in [5.74, 6) is -0.267. The Hall–Kier alpha value is -1.85. The van der Waals surface area contributed by atoms with Crippen LogP contribution in [-0.4, -0.2) is 39.9 Å². The molecule has 1 aliphatic rings.